The minimum absolute atomic E-state index is 0.0189. The van der Waals surface area contributed by atoms with Gasteiger partial charge in [0.1, 0.15) is 11.5 Å². The molecule has 3 heterocycles. The van der Waals surface area contributed by atoms with E-state index in [1.807, 2.05) is 21.9 Å². The number of aryl methyl sites for hydroxylation is 1. The summed E-state index contributed by atoms with van der Waals surface area (Å²) in [5, 5.41) is 3.99. The summed E-state index contributed by atoms with van der Waals surface area (Å²) >= 11 is 0. The number of fused-ring (bicyclic) bond motifs is 1. The van der Waals surface area contributed by atoms with E-state index in [1.54, 1.807) is 27.2 Å². The molecule has 2 saturated heterocycles. The summed E-state index contributed by atoms with van der Waals surface area (Å²) < 4.78 is 16.3. The molecule has 1 saturated carbocycles. The van der Waals surface area contributed by atoms with Crippen molar-refractivity contribution in [1.82, 2.24) is 19.9 Å². The van der Waals surface area contributed by atoms with Crippen LogP contribution in [0.15, 0.2) is 22.7 Å². The van der Waals surface area contributed by atoms with Gasteiger partial charge in [0.15, 0.2) is 5.82 Å². The number of hydrogen-bond donors (Lipinski definition) is 0. The Bertz CT molecular complexity index is 1030. The van der Waals surface area contributed by atoms with Gasteiger partial charge in [0.05, 0.1) is 26.1 Å². The van der Waals surface area contributed by atoms with Gasteiger partial charge in [-0.2, -0.15) is 4.98 Å². The molecule has 2 aliphatic heterocycles. The third-order valence-electron chi connectivity index (χ3n) is 6.92. The average molecular weight is 441 g/mol. The van der Waals surface area contributed by atoms with Crippen molar-refractivity contribution in [2.45, 2.75) is 31.6 Å². The van der Waals surface area contributed by atoms with Crippen molar-refractivity contribution < 1.29 is 23.6 Å². The number of amides is 2. The molecule has 2 atom stereocenters. The molecule has 2 amide bonds. The van der Waals surface area contributed by atoms with Crippen LogP contribution in [-0.4, -0.2) is 72.2 Å². The van der Waals surface area contributed by atoms with Gasteiger partial charge in [0, 0.05) is 44.1 Å². The van der Waals surface area contributed by atoms with E-state index in [-0.39, 0.29) is 30.1 Å². The molecule has 2 aromatic rings. The predicted octanol–water partition coefficient (Wildman–Crippen LogP) is 1.59. The minimum atomic E-state index is -0.506. The van der Waals surface area contributed by atoms with E-state index in [0.29, 0.717) is 49.4 Å². The second kappa shape index (κ2) is 7.79. The monoisotopic (exact) mass is 440 g/mol. The van der Waals surface area contributed by atoms with Gasteiger partial charge >= 0.3 is 0 Å². The largest absolute Gasteiger partial charge is 0.497 e. The van der Waals surface area contributed by atoms with E-state index in [9.17, 15) is 9.59 Å². The molecule has 9 nitrogen and oxygen atoms in total. The Balaban J connectivity index is 1.36. The van der Waals surface area contributed by atoms with Crippen LogP contribution in [0.3, 0.4) is 0 Å². The fourth-order valence-corrected chi connectivity index (χ4v) is 5.07. The topological polar surface area (TPSA) is 98.0 Å². The van der Waals surface area contributed by atoms with Crippen LogP contribution in [0, 0.1) is 18.8 Å². The maximum Gasteiger partial charge on any atom is 0.236 e. The standard InChI is InChI=1S/C23H28N4O5/c1-14-24-22(32-25-14)23-12-26(10-17(23)11-27(13-23)21(29)16-4-5-16)20(28)8-15-6-18(30-2)9-19(7-15)31-3/h6-7,9,16-17H,4-5,8,10-13H2,1-3H3/t17-,23-/m0/s1. The van der Waals surface area contributed by atoms with Crippen LogP contribution in [0.25, 0.3) is 0 Å². The highest BCUT2D eigenvalue weighted by atomic mass is 16.5. The number of carbonyl (C=O) groups is 2. The number of benzene rings is 1. The molecule has 0 bridgehead atoms. The number of ether oxygens (including phenoxy) is 2. The van der Waals surface area contributed by atoms with E-state index in [4.69, 9.17) is 14.0 Å². The molecule has 3 aliphatic rings. The third-order valence-corrected chi connectivity index (χ3v) is 6.92. The molecule has 5 rings (SSSR count). The number of likely N-dealkylation sites (tertiary alicyclic amines) is 2. The Hall–Kier alpha value is -3.10. The average Bonchev–Trinajstić information content (AvgIpc) is 3.28. The molecule has 0 spiro atoms. The number of hydrogen-bond acceptors (Lipinski definition) is 7. The summed E-state index contributed by atoms with van der Waals surface area (Å²) in [6.45, 7) is 3.96. The minimum Gasteiger partial charge on any atom is -0.497 e. The van der Waals surface area contributed by atoms with Crippen molar-refractivity contribution in [3.05, 3.63) is 35.5 Å². The maximum absolute atomic E-state index is 13.3. The van der Waals surface area contributed by atoms with Crippen molar-refractivity contribution in [3.8, 4) is 11.5 Å². The highest BCUT2D eigenvalue weighted by molar-refractivity contribution is 5.82. The normalized spacial score (nSPS) is 24.5. The van der Waals surface area contributed by atoms with Crippen LogP contribution >= 0.6 is 0 Å². The van der Waals surface area contributed by atoms with Gasteiger partial charge in [-0.25, -0.2) is 0 Å². The van der Waals surface area contributed by atoms with Crippen molar-refractivity contribution in [2.75, 3.05) is 40.4 Å². The lowest BCUT2D eigenvalue weighted by Gasteiger charge is -2.26. The van der Waals surface area contributed by atoms with Crippen LogP contribution in [0.2, 0.25) is 0 Å². The Morgan fingerprint density at radius 3 is 2.34 bits per heavy atom. The SMILES string of the molecule is COc1cc(CC(=O)N2C[C@H]3CN(C(=O)C4CC4)C[C@@]3(c3nc(C)no3)C2)cc(OC)c1. The van der Waals surface area contributed by atoms with E-state index >= 15 is 0 Å². The number of nitrogens with zero attached hydrogens (tertiary/aromatic N) is 4. The van der Waals surface area contributed by atoms with Gasteiger partial charge in [-0.3, -0.25) is 9.59 Å². The van der Waals surface area contributed by atoms with Gasteiger partial charge < -0.3 is 23.8 Å². The van der Waals surface area contributed by atoms with Gasteiger partial charge in [-0.05, 0) is 37.5 Å². The van der Waals surface area contributed by atoms with Crippen molar-refractivity contribution in [1.29, 1.82) is 0 Å². The van der Waals surface area contributed by atoms with Crippen molar-refractivity contribution in [2.24, 2.45) is 11.8 Å². The molecule has 1 aromatic heterocycles. The summed E-state index contributed by atoms with van der Waals surface area (Å²) in [4.78, 5) is 34.3. The Morgan fingerprint density at radius 2 is 1.75 bits per heavy atom. The molecule has 0 radical (unpaired) electrons. The third kappa shape index (κ3) is 3.59. The first-order valence-electron chi connectivity index (χ1n) is 11.0. The van der Waals surface area contributed by atoms with Gasteiger partial charge in [0.2, 0.25) is 17.7 Å². The fourth-order valence-electron chi connectivity index (χ4n) is 5.07. The molecule has 170 valence electrons. The second-order valence-corrected chi connectivity index (χ2v) is 9.16. The fraction of sp³-hybridized carbons (Fsp3) is 0.565. The summed E-state index contributed by atoms with van der Waals surface area (Å²) in [6.07, 6.45) is 2.19. The molecule has 9 heteroatoms. The molecule has 32 heavy (non-hydrogen) atoms. The smallest absolute Gasteiger partial charge is 0.236 e. The molecule has 3 fully saturated rings. The molecular weight excluding hydrogens is 412 g/mol. The van der Waals surface area contributed by atoms with Crippen LogP contribution in [0.1, 0.15) is 30.1 Å². The lowest BCUT2D eigenvalue weighted by atomic mass is 9.81. The molecule has 1 aromatic carbocycles. The molecule has 1 aliphatic carbocycles. The highest BCUT2D eigenvalue weighted by Gasteiger charge is 2.59. The number of carbonyl (C=O) groups excluding carboxylic acids is 2. The van der Waals surface area contributed by atoms with Crippen LogP contribution < -0.4 is 9.47 Å². The zero-order chi connectivity index (χ0) is 22.5. The van der Waals surface area contributed by atoms with E-state index in [1.165, 1.54) is 0 Å². The van der Waals surface area contributed by atoms with E-state index < -0.39 is 5.41 Å². The summed E-state index contributed by atoms with van der Waals surface area (Å²) in [7, 11) is 3.18. The van der Waals surface area contributed by atoms with Gasteiger partial charge in [0.25, 0.3) is 0 Å². The van der Waals surface area contributed by atoms with Gasteiger partial charge in [-0.1, -0.05) is 5.16 Å². The molecule has 0 N–H and O–H groups in total. The number of rotatable bonds is 6. The first kappa shape index (κ1) is 20.8. The van der Waals surface area contributed by atoms with E-state index in [2.05, 4.69) is 10.1 Å². The van der Waals surface area contributed by atoms with Gasteiger partial charge in [-0.15, -0.1) is 0 Å². The number of aromatic nitrogens is 2. The Kier molecular flexibility index (Phi) is 5.06. The zero-order valence-corrected chi connectivity index (χ0v) is 18.7. The van der Waals surface area contributed by atoms with Crippen molar-refractivity contribution >= 4 is 11.8 Å². The second-order valence-electron chi connectivity index (χ2n) is 9.16. The Labute approximate surface area is 186 Å². The Morgan fingerprint density at radius 1 is 1.09 bits per heavy atom. The van der Waals surface area contributed by atoms with Crippen LogP contribution in [0.5, 0.6) is 11.5 Å². The number of methoxy groups -OCH3 is 2. The quantitative estimate of drug-likeness (QED) is 0.673. The summed E-state index contributed by atoms with van der Waals surface area (Å²) in [5.74, 6) is 2.87. The van der Waals surface area contributed by atoms with Crippen LogP contribution in [-0.2, 0) is 21.4 Å². The van der Waals surface area contributed by atoms with E-state index in [0.717, 1.165) is 18.4 Å². The molecule has 0 unspecified atom stereocenters. The lowest BCUT2D eigenvalue weighted by molar-refractivity contribution is -0.132. The summed E-state index contributed by atoms with van der Waals surface area (Å²) in [6, 6.07) is 5.49. The maximum atomic E-state index is 13.3. The first-order chi connectivity index (χ1) is 15.4. The highest BCUT2D eigenvalue weighted by Crippen LogP contribution is 2.46. The van der Waals surface area contributed by atoms with Crippen molar-refractivity contribution in [3.63, 3.8) is 0 Å². The zero-order valence-electron chi connectivity index (χ0n) is 18.7. The molecular formula is C23H28N4O5. The van der Waals surface area contributed by atoms with Crippen LogP contribution in [0.4, 0.5) is 0 Å². The lowest BCUT2D eigenvalue weighted by Crippen LogP contribution is -2.42. The first-order valence-corrected chi connectivity index (χ1v) is 11.0. The summed E-state index contributed by atoms with van der Waals surface area (Å²) in [5.41, 5.74) is 0.324. The predicted molar refractivity (Wildman–Crippen MR) is 113 cm³/mol.